The molecule has 1 nitrogen and oxygen atoms in total. The van der Waals surface area contributed by atoms with E-state index in [0.717, 1.165) is 12.8 Å². The van der Waals surface area contributed by atoms with Gasteiger partial charge in [0.1, 0.15) is 0 Å². The lowest BCUT2D eigenvalue weighted by Gasteiger charge is -2.26. The van der Waals surface area contributed by atoms with Crippen LogP contribution in [0.2, 0.25) is 0 Å². The van der Waals surface area contributed by atoms with Gasteiger partial charge in [-0.25, -0.2) is 0 Å². The van der Waals surface area contributed by atoms with Crippen LogP contribution in [0.25, 0.3) is 0 Å². The predicted octanol–water partition coefficient (Wildman–Crippen LogP) is 3.84. The van der Waals surface area contributed by atoms with Gasteiger partial charge in [-0.05, 0) is 23.8 Å². The van der Waals surface area contributed by atoms with Crippen molar-refractivity contribution in [2.24, 2.45) is 5.92 Å². The van der Waals surface area contributed by atoms with Crippen LogP contribution in [-0.4, -0.2) is 6.04 Å². The smallest absolute Gasteiger partial charge is 0.0440 e. The highest BCUT2D eigenvalue weighted by Crippen LogP contribution is 2.26. The number of hydrogen-bond donors (Lipinski definition) is 1. The number of terminal acetylenes is 1. The molecule has 1 N–H and O–H groups in total. The molecule has 0 bridgehead atoms. The van der Waals surface area contributed by atoms with Crippen LogP contribution >= 0.6 is 11.3 Å². The maximum atomic E-state index is 5.39. The van der Waals surface area contributed by atoms with E-state index in [2.05, 4.69) is 49.5 Å². The summed E-state index contributed by atoms with van der Waals surface area (Å²) in [6.45, 7) is 6.68. The molecule has 0 fully saturated rings. The van der Waals surface area contributed by atoms with Gasteiger partial charge in [0.2, 0.25) is 0 Å². The van der Waals surface area contributed by atoms with Gasteiger partial charge in [-0.3, -0.25) is 0 Å². The maximum absolute atomic E-state index is 5.39. The molecular weight excluding hydrogens is 214 g/mol. The molecule has 0 aliphatic carbocycles. The quantitative estimate of drug-likeness (QED) is 0.739. The van der Waals surface area contributed by atoms with E-state index < -0.39 is 0 Å². The molecule has 2 atom stereocenters. The standard InChI is InChI=1S/C14H21NS/c1-5-8-12(6-2)15-14(11(3)4)13-9-7-10-16-13/h1,7,9-12,14-15H,6,8H2,2-4H3. The van der Waals surface area contributed by atoms with Crippen LogP contribution < -0.4 is 5.32 Å². The average molecular weight is 235 g/mol. The molecule has 1 aromatic rings. The topological polar surface area (TPSA) is 12.0 Å². The van der Waals surface area contributed by atoms with Gasteiger partial charge >= 0.3 is 0 Å². The lowest BCUT2D eigenvalue weighted by Crippen LogP contribution is -2.34. The van der Waals surface area contributed by atoms with Gasteiger partial charge in [0, 0.05) is 23.4 Å². The third kappa shape index (κ3) is 3.66. The third-order valence-corrected chi connectivity index (χ3v) is 3.74. The normalized spacial score (nSPS) is 14.7. The highest BCUT2D eigenvalue weighted by molar-refractivity contribution is 7.10. The number of thiophene rings is 1. The molecule has 2 unspecified atom stereocenters. The summed E-state index contributed by atoms with van der Waals surface area (Å²) < 4.78 is 0. The second-order valence-electron chi connectivity index (χ2n) is 4.42. The molecule has 0 radical (unpaired) electrons. The van der Waals surface area contributed by atoms with E-state index in [0.29, 0.717) is 18.0 Å². The van der Waals surface area contributed by atoms with Crippen molar-refractivity contribution in [2.45, 2.75) is 45.7 Å². The minimum Gasteiger partial charge on any atom is -0.305 e. The molecule has 0 aliphatic rings. The van der Waals surface area contributed by atoms with E-state index >= 15 is 0 Å². The van der Waals surface area contributed by atoms with Gasteiger partial charge < -0.3 is 5.32 Å². The van der Waals surface area contributed by atoms with Gasteiger partial charge in [0.15, 0.2) is 0 Å². The lowest BCUT2D eigenvalue weighted by atomic mass is 10.00. The summed E-state index contributed by atoms with van der Waals surface area (Å²) in [6, 6.07) is 5.17. The summed E-state index contributed by atoms with van der Waals surface area (Å²) in [6.07, 6.45) is 7.28. The highest BCUT2D eigenvalue weighted by Gasteiger charge is 2.19. The predicted molar refractivity (Wildman–Crippen MR) is 72.6 cm³/mol. The minimum atomic E-state index is 0.429. The Bertz CT molecular complexity index is 321. The molecule has 16 heavy (non-hydrogen) atoms. The Kier molecular flexibility index (Phi) is 5.59. The zero-order valence-corrected chi connectivity index (χ0v) is 11.2. The Morgan fingerprint density at radius 1 is 1.50 bits per heavy atom. The van der Waals surface area contributed by atoms with Crippen molar-refractivity contribution in [3.63, 3.8) is 0 Å². The number of nitrogens with one attached hydrogen (secondary N) is 1. The van der Waals surface area contributed by atoms with E-state index in [9.17, 15) is 0 Å². The van der Waals surface area contributed by atoms with Crippen LogP contribution in [0, 0.1) is 18.3 Å². The van der Waals surface area contributed by atoms with E-state index in [-0.39, 0.29) is 0 Å². The van der Waals surface area contributed by atoms with E-state index in [1.54, 1.807) is 0 Å². The third-order valence-electron chi connectivity index (χ3n) is 2.79. The van der Waals surface area contributed by atoms with Crippen LogP contribution in [-0.2, 0) is 0 Å². The lowest BCUT2D eigenvalue weighted by molar-refractivity contribution is 0.359. The molecular formula is C14H21NS. The minimum absolute atomic E-state index is 0.429. The maximum Gasteiger partial charge on any atom is 0.0440 e. The van der Waals surface area contributed by atoms with Crippen molar-refractivity contribution in [1.29, 1.82) is 0 Å². The van der Waals surface area contributed by atoms with Crippen molar-refractivity contribution in [3.8, 4) is 12.3 Å². The largest absolute Gasteiger partial charge is 0.305 e. The fourth-order valence-corrected chi connectivity index (χ4v) is 2.75. The highest BCUT2D eigenvalue weighted by atomic mass is 32.1. The SMILES string of the molecule is C#CCC(CC)NC(c1cccs1)C(C)C. The van der Waals surface area contributed by atoms with Gasteiger partial charge in [0.05, 0.1) is 0 Å². The van der Waals surface area contributed by atoms with Gasteiger partial charge in [0.25, 0.3) is 0 Å². The molecule has 0 saturated heterocycles. The molecule has 1 rings (SSSR count). The first kappa shape index (κ1) is 13.3. The zero-order valence-electron chi connectivity index (χ0n) is 10.4. The monoisotopic (exact) mass is 235 g/mol. The molecule has 0 amide bonds. The van der Waals surface area contributed by atoms with E-state index in [1.807, 2.05) is 11.3 Å². The fraction of sp³-hybridized carbons (Fsp3) is 0.571. The summed E-state index contributed by atoms with van der Waals surface area (Å²) in [4.78, 5) is 1.41. The second kappa shape index (κ2) is 6.73. The van der Waals surface area contributed by atoms with Crippen molar-refractivity contribution in [1.82, 2.24) is 5.32 Å². The molecule has 1 heterocycles. The Labute approximate surface area is 103 Å². The van der Waals surface area contributed by atoms with Crippen LogP contribution in [0.5, 0.6) is 0 Å². The Morgan fingerprint density at radius 2 is 2.25 bits per heavy atom. The molecule has 88 valence electrons. The van der Waals surface area contributed by atoms with Crippen LogP contribution in [0.1, 0.15) is 44.5 Å². The van der Waals surface area contributed by atoms with Crippen LogP contribution in [0.4, 0.5) is 0 Å². The van der Waals surface area contributed by atoms with E-state index in [4.69, 9.17) is 6.42 Å². The van der Waals surface area contributed by atoms with Crippen molar-refractivity contribution >= 4 is 11.3 Å². The number of rotatable bonds is 6. The molecule has 2 heteroatoms. The van der Waals surface area contributed by atoms with Crippen molar-refractivity contribution in [3.05, 3.63) is 22.4 Å². The molecule has 1 aromatic heterocycles. The first-order valence-corrected chi connectivity index (χ1v) is 6.79. The fourth-order valence-electron chi connectivity index (χ4n) is 1.79. The van der Waals surface area contributed by atoms with E-state index in [1.165, 1.54) is 4.88 Å². The summed E-state index contributed by atoms with van der Waals surface area (Å²) in [5.41, 5.74) is 0. The zero-order chi connectivity index (χ0) is 12.0. The summed E-state index contributed by atoms with van der Waals surface area (Å²) in [7, 11) is 0. The molecule has 0 saturated carbocycles. The Balaban J connectivity index is 2.69. The second-order valence-corrected chi connectivity index (χ2v) is 5.40. The first-order chi connectivity index (χ1) is 7.69. The Morgan fingerprint density at radius 3 is 2.69 bits per heavy atom. The molecule has 0 spiro atoms. The average Bonchev–Trinajstić information content (AvgIpc) is 2.76. The van der Waals surface area contributed by atoms with Crippen LogP contribution in [0.3, 0.4) is 0 Å². The van der Waals surface area contributed by atoms with Crippen molar-refractivity contribution < 1.29 is 0 Å². The summed E-state index contributed by atoms with van der Waals surface area (Å²) in [5, 5.41) is 5.81. The van der Waals surface area contributed by atoms with Gasteiger partial charge in [-0.15, -0.1) is 23.7 Å². The van der Waals surface area contributed by atoms with Crippen molar-refractivity contribution in [2.75, 3.05) is 0 Å². The molecule has 0 aromatic carbocycles. The summed E-state index contributed by atoms with van der Waals surface area (Å²) in [5.74, 6) is 3.34. The molecule has 0 aliphatic heterocycles. The Hall–Kier alpha value is -0.780. The number of hydrogen-bond acceptors (Lipinski definition) is 2. The van der Waals surface area contributed by atoms with Gasteiger partial charge in [-0.2, -0.15) is 0 Å². The first-order valence-electron chi connectivity index (χ1n) is 5.92. The summed E-state index contributed by atoms with van der Waals surface area (Å²) >= 11 is 1.82. The van der Waals surface area contributed by atoms with Gasteiger partial charge in [-0.1, -0.05) is 26.8 Å². The van der Waals surface area contributed by atoms with Crippen LogP contribution in [0.15, 0.2) is 17.5 Å².